The van der Waals surface area contributed by atoms with E-state index in [1.165, 1.54) is 17.3 Å². The predicted octanol–water partition coefficient (Wildman–Crippen LogP) is 2.39. The number of hydrogen-bond donors (Lipinski definition) is 1. The zero-order valence-corrected chi connectivity index (χ0v) is 13.6. The zero-order chi connectivity index (χ0) is 15.5. The Morgan fingerprint density at radius 2 is 2.09 bits per heavy atom. The number of aromatic nitrogens is 3. The van der Waals surface area contributed by atoms with Gasteiger partial charge in [-0.2, -0.15) is 0 Å². The molecule has 1 heterocycles. The topological polar surface area (TPSA) is 59.8 Å². The summed E-state index contributed by atoms with van der Waals surface area (Å²) in [5, 5.41) is 12.0. The van der Waals surface area contributed by atoms with Gasteiger partial charge in [0.15, 0.2) is 5.16 Å². The van der Waals surface area contributed by atoms with E-state index in [0.717, 1.165) is 30.4 Å². The molecule has 1 saturated carbocycles. The molecule has 1 aliphatic carbocycles. The van der Waals surface area contributed by atoms with E-state index in [4.69, 9.17) is 0 Å². The van der Waals surface area contributed by atoms with Crippen LogP contribution in [0.1, 0.15) is 31.2 Å². The van der Waals surface area contributed by atoms with Crippen molar-refractivity contribution in [2.24, 2.45) is 0 Å². The summed E-state index contributed by atoms with van der Waals surface area (Å²) in [6.07, 6.45) is 2.21. The van der Waals surface area contributed by atoms with Crippen LogP contribution in [0.2, 0.25) is 0 Å². The van der Waals surface area contributed by atoms with Gasteiger partial charge in [0.2, 0.25) is 5.91 Å². The Morgan fingerprint density at radius 3 is 2.77 bits per heavy atom. The zero-order valence-electron chi connectivity index (χ0n) is 12.8. The van der Waals surface area contributed by atoms with Crippen molar-refractivity contribution in [2.75, 3.05) is 0 Å². The molecule has 0 radical (unpaired) electrons. The van der Waals surface area contributed by atoms with Crippen molar-refractivity contribution < 1.29 is 4.79 Å². The van der Waals surface area contributed by atoms with Gasteiger partial charge < -0.3 is 9.88 Å². The molecule has 1 aromatic heterocycles. The smallest absolute Gasteiger partial charge is 0.233 e. The lowest BCUT2D eigenvalue weighted by molar-refractivity contribution is -0.120. The summed E-state index contributed by atoms with van der Waals surface area (Å²) in [5.74, 6) is 0.945. The quantitative estimate of drug-likeness (QED) is 0.831. The van der Waals surface area contributed by atoms with Crippen LogP contribution < -0.4 is 5.32 Å². The van der Waals surface area contributed by atoms with Gasteiger partial charge in [-0.15, -0.1) is 10.2 Å². The van der Waals surface area contributed by atoms with Crippen LogP contribution in [0.4, 0.5) is 0 Å². The summed E-state index contributed by atoms with van der Waals surface area (Å²) in [4.78, 5) is 12.1. The number of nitrogens with one attached hydrogen (secondary N) is 1. The summed E-state index contributed by atoms with van der Waals surface area (Å²) in [5.41, 5.74) is 1.20. The van der Waals surface area contributed by atoms with Crippen molar-refractivity contribution >= 4 is 17.7 Å². The molecular formula is C16H20N4OS. The van der Waals surface area contributed by atoms with Gasteiger partial charge in [-0.25, -0.2) is 0 Å². The van der Waals surface area contributed by atoms with Gasteiger partial charge in [-0.3, -0.25) is 4.79 Å². The molecule has 0 bridgehead atoms. The molecule has 2 aromatic rings. The number of nitrogens with zero attached hydrogens (tertiary/aromatic N) is 3. The predicted molar refractivity (Wildman–Crippen MR) is 86.8 cm³/mol. The molecule has 1 atom stereocenters. The molecule has 22 heavy (non-hydrogen) atoms. The molecule has 6 heteroatoms. The van der Waals surface area contributed by atoms with E-state index in [0.29, 0.717) is 6.04 Å². The van der Waals surface area contributed by atoms with E-state index in [-0.39, 0.29) is 11.2 Å². The first-order valence-electron chi connectivity index (χ1n) is 7.54. The summed E-state index contributed by atoms with van der Waals surface area (Å²) in [7, 11) is 0. The van der Waals surface area contributed by atoms with Crippen molar-refractivity contribution in [3.05, 3.63) is 41.7 Å². The molecule has 1 amide bonds. The van der Waals surface area contributed by atoms with Crippen LogP contribution in [0.15, 0.2) is 35.5 Å². The van der Waals surface area contributed by atoms with Crippen molar-refractivity contribution in [2.45, 2.75) is 49.7 Å². The van der Waals surface area contributed by atoms with Crippen molar-refractivity contribution in [3.8, 4) is 0 Å². The molecule has 1 unspecified atom stereocenters. The highest BCUT2D eigenvalue weighted by molar-refractivity contribution is 8.00. The summed E-state index contributed by atoms with van der Waals surface area (Å²) < 4.78 is 2.06. The molecular weight excluding hydrogens is 296 g/mol. The maximum atomic E-state index is 12.1. The van der Waals surface area contributed by atoms with Crippen molar-refractivity contribution in [1.29, 1.82) is 0 Å². The van der Waals surface area contributed by atoms with E-state index >= 15 is 0 Å². The Hall–Kier alpha value is -1.82. The fourth-order valence-electron chi connectivity index (χ4n) is 2.15. The number of rotatable bonds is 6. The maximum absolute atomic E-state index is 12.1. The minimum Gasteiger partial charge on any atom is -0.352 e. The Morgan fingerprint density at radius 1 is 1.36 bits per heavy atom. The molecule has 1 aliphatic rings. The van der Waals surface area contributed by atoms with Gasteiger partial charge in [0, 0.05) is 6.04 Å². The normalized spacial score (nSPS) is 15.5. The average molecular weight is 316 g/mol. The highest BCUT2D eigenvalue weighted by atomic mass is 32.2. The van der Waals surface area contributed by atoms with Gasteiger partial charge in [-0.05, 0) is 32.3 Å². The monoisotopic (exact) mass is 316 g/mol. The van der Waals surface area contributed by atoms with Gasteiger partial charge in [0.1, 0.15) is 5.82 Å². The minimum absolute atomic E-state index is 0.0828. The molecule has 1 fully saturated rings. The van der Waals surface area contributed by atoms with Crippen LogP contribution in [-0.4, -0.2) is 32.0 Å². The van der Waals surface area contributed by atoms with Crippen LogP contribution in [0.5, 0.6) is 0 Å². The highest BCUT2D eigenvalue weighted by Crippen LogP contribution is 2.25. The Bertz CT molecular complexity index is 651. The SMILES string of the molecule is Cc1nnc(SC(C)C(=O)NC2CC2)n1Cc1ccccc1. The average Bonchev–Trinajstić information content (AvgIpc) is 3.27. The van der Waals surface area contributed by atoms with Crippen LogP contribution >= 0.6 is 11.8 Å². The van der Waals surface area contributed by atoms with E-state index < -0.39 is 0 Å². The van der Waals surface area contributed by atoms with Gasteiger partial charge in [-0.1, -0.05) is 42.1 Å². The van der Waals surface area contributed by atoms with Crippen LogP contribution in [0.3, 0.4) is 0 Å². The van der Waals surface area contributed by atoms with Crippen LogP contribution in [0, 0.1) is 6.92 Å². The third-order valence-electron chi connectivity index (χ3n) is 3.66. The standard InChI is InChI=1S/C16H20N4OS/c1-11(15(21)17-14-8-9-14)22-16-19-18-12(2)20(16)10-13-6-4-3-5-7-13/h3-7,11,14H,8-10H2,1-2H3,(H,17,21). The fraction of sp³-hybridized carbons (Fsp3) is 0.438. The first kappa shape index (κ1) is 15.1. The van der Waals surface area contributed by atoms with E-state index in [1.807, 2.05) is 32.0 Å². The second-order valence-corrected chi connectivity index (χ2v) is 6.95. The van der Waals surface area contributed by atoms with Crippen LogP contribution in [-0.2, 0) is 11.3 Å². The Balaban J connectivity index is 1.69. The lowest BCUT2D eigenvalue weighted by atomic mass is 10.2. The molecule has 116 valence electrons. The summed E-state index contributed by atoms with van der Waals surface area (Å²) in [6, 6.07) is 10.6. The Labute approximate surface area is 134 Å². The minimum atomic E-state index is -0.168. The Kier molecular flexibility index (Phi) is 4.47. The van der Waals surface area contributed by atoms with Crippen LogP contribution in [0.25, 0.3) is 0 Å². The van der Waals surface area contributed by atoms with Gasteiger partial charge in [0.05, 0.1) is 11.8 Å². The molecule has 0 spiro atoms. The summed E-state index contributed by atoms with van der Waals surface area (Å²) >= 11 is 1.47. The van der Waals surface area contributed by atoms with Gasteiger partial charge >= 0.3 is 0 Å². The third-order valence-corrected chi connectivity index (χ3v) is 4.74. The molecule has 0 saturated heterocycles. The molecule has 1 aromatic carbocycles. The van der Waals surface area contributed by atoms with E-state index in [9.17, 15) is 4.79 Å². The maximum Gasteiger partial charge on any atom is 0.233 e. The van der Waals surface area contributed by atoms with E-state index in [2.05, 4.69) is 32.2 Å². The second kappa shape index (κ2) is 6.52. The highest BCUT2D eigenvalue weighted by Gasteiger charge is 2.27. The number of benzene rings is 1. The fourth-order valence-corrected chi connectivity index (χ4v) is 3.06. The lowest BCUT2D eigenvalue weighted by Crippen LogP contribution is -2.32. The number of aryl methyl sites for hydroxylation is 1. The lowest BCUT2D eigenvalue weighted by Gasteiger charge is -2.13. The van der Waals surface area contributed by atoms with E-state index in [1.54, 1.807) is 0 Å². The van der Waals surface area contributed by atoms with Crippen molar-refractivity contribution in [3.63, 3.8) is 0 Å². The molecule has 3 rings (SSSR count). The number of carbonyl (C=O) groups excluding carboxylic acids is 1. The number of thioether (sulfide) groups is 1. The summed E-state index contributed by atoms with van der Waals surface area (Å²) in [6.45, 7) is 4.58. The number of carbonyl (C=O) groups is 1. The molecule has 5 nitrogen and oxygen atoms in total. The first-order valence-corrected chi connectivity index (χ1v) is 8.42. The van der Waals surface area contributed by atoms with Gasteiger partial charge in [0.25, 0.3) is 0 Å². The number of hydrogen-bond acceptors (Lipinski definition) is 4. The third kappa shape index (κ3) is 3.68. The molecule has 0 aliphatic heterocycles. The van der Waals surface area contributed by atoms with Crippen molar-refractivity contribution in [1.82, 2.24) is 20.1 Å². The number of amides is 1. The second-order valence-electron chi connectivity index (χ2n) is 5.64. The first-order chi connectivity index (χ1) is 10.6. The molecule has 1 N–H and O–H groups in total. The largest absolute Gasteiger partial charge is 0.352 e.